The first-order valence-electron chi connectivity index (χ1n) is 43.7. The van der Waals surface area contributed by atoms with Crippen LogP contribution in [0.2, 0.25) is 58.9 Å². The highest BCUT2D eigenvalue weighted by Crippen LogP contribution is 2.46. The third-order valence-corrected chi connectivity index (χ3v) is 30.7. The van der Waals surface area contributed by atoms with Crippen molar-refractivity contribution in [2.75, 3.05) is 0 Å². The van der Waals surface area contributed by atoms with E-state index < -0.39 is 83.5 Å². The summed E-state index contributed by atoms with van der Waals surface area (Å²) >= 11 is 4.99. The normalized spacial score (nSPS) is 18.8. The molecule has 3 saturated carbocycles. The summed E-state index contributed by atoms with van der Waals surface area (Å²) < 4.78 is 128. The van der Waals surface area contributed by atoms with E-state index in [1.165, 1.54) is 24.3 Å². The van der Waals surface area contributed by atoms with E-state index in [0.29, 0.717) is 23.8 Å². The molecular formula is C96H117ClF3N9O11S3Si3. The number of aliphatic carboxylic acids is 1. The maximum absolute atomic E-state index is 14.3. The largest absolute Gasteiger partial charge is 0.472 e. The van der Waals surface area contributed by atoms with Crippen LogP contribution in [-0.4, -0.2) is 139 Å². The van der Waals surface area contributed by atoms with Gasteiger partial charge in [-0.1, -0.05) is 174 Å². The summed E-state index contributed by atoms with van der Waals surface area (Å²) in [6.07, 6.45) is 24.7. The van der Waals surface area contributed by atoms with Crippen molar-refractivity contribution in [3.05, 3.63) is 195 Å². The minimum absolute atomic E-state index is 0.00491. The van der Waals surface area contributed by atoms with Gasteiger partial charge in [0.15, 0.2) is 0 Å². The molecule has 3 unspecified atom stereocenters. The highest BCUT2D eigenvalue weighted by molar-refractivity contribution is 7.90. The molecule has 20 nitrogen and oxygen atoms in total. The zero-order valence-corrected chi connectivity index (χ0v) is 80.1. The number of carbonyl (C=O) groups is 4. The van der Waals surface area contributed by atoms with Crippen molar-refractivity contribution in [2.45, 2.75) is 284 Å². The fraction of sp³-hybridized carbons (Fsp3) is 0.438. The molecule has 3 aliphatic carbocycles. The van der Waals surface area contributed by atoms with Crippen LogP contribution in [0, 0.1) is 64.2 Å². The van der Waals surface area contributed by atoms with Crippen molar-refractivity contribution < 1.29 is 62.7 Å². The monoisotopic (exact) mass is 1840 g/mol. The standard InChI is InChI=1S/C31H38FN3O3SSi.C28H30FN3O3S.C25H30FN3O2S.C6H9ClOSi.C6H10O2Si/c1-5-6-10-24-20-27-26-19-22(32)13-16-28(26)33-30(27)31(35(24)29(36)17-18-40(2,3)4)21-11-14-25(15-12-21)39(37,38)34-23-8-7-9-23;1-3-5-9-21-17-24-23-16-19(29)12-15-25(23)30-27(24)28(32(21)26(33)4-2)18-10-13-22(14-11-18)36(34,35)31-20-7-6-8-20;1-2-3-5-19-15-22-21-14-17(26)10-13-23(21)28-25(22)24(27-19)16-8-11-20(12-9-16)32(30,31)29-18-6-4-7-18;2*1-9(2,3)5-4-6(7)8/h11-16,19,23-24,31,33-34H,5-10,20H2,1-4H3;2,10-16,20-21,28,30-31H,3,5-9,17H2,1H3;8-14,18-19,24,27-29H,2-7,15H2,1H3;1-3H3;1-3H3,(H,7,8)/t24-,31?;21-,28?;19-,24?;;/m000../s1. The van der Waals surface area contributed by atoms with Crippen LogP contribution in [0.1, 0.15) is 205 Å². The van der Waals surface area contributed by atoms with E-state index in [2.05, 4.69) is 135 Å². The highest BCUT2D eigenvalue weighted by atomic mass is 35.5. The maximum Gasteiger partial charge on any atom is 0.381 e. The molecular weight excluding hydrogens is 1730 g/mol. The summed E-state index contributed by atoms with van der Waals surface area (Å²) in [6, 6.07) is 33.8. The van der Waals surface area contributed by atoms with E-state index in [9.17, 15) is 57.6 Å². The zero-order valence-electron chi connectivity index (χ0n) is 73.9. The SMILES string of the molecule is C#CC(=O)N1C(c2ccc(S(=O)(=O)NC3CCC3)cc2)c2[nH]c3ccc(F)cc3c2C[C@@H]1CCCC.CCCC[C@H]1Cc2c([nH]c3ccc(F)cc23)C(c2ccc(S(=O)(=O)NC3CCC3)cc2)N1.CCCC[C@H]1Cc2c([nH]c3ccc(F)cc23)C(c2ccc(S(=O)(=O)NC3CCC3)cc2)N1C(=O)C#C[Si](C)(C)C.C[Si](C)(C)C#CC(=O)Cl.C[Si](C)(C)C#CC(=O)O. The van der Waals surface area contributed by atoms with Gasteiger partial charge in [-0.3, -0.25) is 14.4 Å². The lowest BCUT2D eigenvalue weighted by atomic mass is 9.86. The number of unbranched alkanes of at least 4 members (excludes halogenated alkanes) is 3. The Morgan fingerprint density at radius 2 is 0.794 bits per heavy atom. The number of hydrogen-bond acceptors (Lipinski definition) is 11. The highest BCUT2D eigenvalue weighted by Gasteiger charge is 2.43. The lowest BCUT2D eigenvalue weighted by Crippen LogP contribution is -2.47. The molecule has 670 valence electrons. The summed E-state index contributed by atoms with van der Waals surface area (Å²) in [5, 5.41) is 13.9. The molecule has 126 heavy (non-hydrogen) atoms. The number of aromatic amines is 3. The average molecular weight is 1850 g/mol. The molecule has 9 aromatic rings. The molecule has 6 aromatic carbocycles. The fourth-order valence-corrected chi connectivity index (χ4v) is 21.9. The number of halogens is 4. The number of rotatable bonds is 21. The molecule has 6 atom stereocenters. The number of terminal acetylenes is 1. The number of H-pyrrole nitrogens is 3. The Morgan fingerprint density at radius 1 is 0.460 bits per heavy atom. The van der Waals surface area contributed by atoms with Crippen molar-refractivity contribution in [3.63, 3.8) is 0 Å². The predicted octanol–water partition coefficient (Wildman–Crippen LogP) is 18.4. The molecule has 3 aliphatic heterocycles. The van der Waals surface area contributed by atoms with Gasteiger partial charge in [0.2, 0.25) is 30.1 Å². The smallest absolute Gasteiger partial charge is 0.381 e. The number of benzene rings is 6. The van der Waals surface area contributed by atoms with E-state index in [4.69, 9.17) is 23.1 Å². The molecule has 30 heteroatoms. The van der Waals surface area contributed by atoms with E-state index in [1.807, 2.05) is 36.7 Å². The van der Waals surface area contributed by atoms with Gasteiger partial charge in [-0.15, -0.1) is 23.1 Å². The second-order valence-electron chi connectivity index (χ2n) is 36.7. The molecule has 3 fully saturated rings. The summed E-state index contributed by atoms with van der Waals surface area (Å²) in [5.41, 5.74) is 19.7. The Kier molecular flexibility index (Phi) is 32.3. The van der Waals surface area contributed by atoms with Crippen LogP contribution in [0.5, 0.6) is 0 Å². The van der Waals surface area contributed by atoms with Gasteiger partial charge >= 0.3 is 5.97 Å². The van der Waals surface area contributed by atoms with E-state index >= 15 is 0 Å². The third-order valence-electron chi connectivity index (χ3n) is 23.3. The predicted molar refractivity (Wildman–Crippen MR) is 502 cm³/mol. The van der Waals surface area contributed by atoms with Crippen LogP contribution in [0.15, 0.2) is 142 Å². The first-order chi connectivity index (χ1) is 59.6. The van der Waals surface area contributed by atoms with Gasteiger partial charge in [-0.05, 0) is 231 Å². The Balaban J connectivity index is 0.000000167. The number of aromatic nitrogens is 3. The van der Waals surface area contributed by atoms with Crippen molar-refractivity contribution in [1.29, 1.82) is 0 Å². The number of amides is 2. The molecule has 6 heterocycles. The van der Waals surface area contributed by atoms with Crippen molar-refractivity contribution >= 4 is 122 Å². The maximum atomic E-state index is 14.3. The first kappa shape index (κ1) is 97.3. The molecule has 6 aliphatic rings. The summed E-state index contributed by atoms with van der Waals surface area (Å²) in [5.74, 6) is 7.17. The van der Waals surface area contributed by atoms with E-state index in [-0.39, 0.29) is 69.4 Å². The summed E-state index contributed by atoms with van der Waals surface area (Å²) in [7, 11) is -15.4. The van der Waals surface area contributed by atoms with Crippen LogP contribution < -0.4 is 19.5 Å². The molecule has 0 bridgehead atoms. The Morgan fingerprint density at radius 3 is 1.11 bits per heavy atom. The molecule has 8 N–H and O–H groups in total. The second-order valence-corrected chi connectivity index (χ2v) is 56.4. The lowest BCUT2D eigenvalue weighted by Gasteiger charge is -2.41. The van der Waals surface area contributed by atoms with Gasteiger partial charge in [0.25, 0.3) is 17.1 Å². The van der Waals surface area contributed by atoms with Crippen LogP contribution in [0.3, 0.4) is 0 Å². The van der Waals surface area contributed by atoms with Crippen molar-refractivity contribution in [2.24, 2.45) is 0 Å². The summed E-state index contributed by atoms with van der Waals surface area (Å²) in [6.45, 7) is 24.9. The fourth-order valence-electron chi connectivity index (χ4n) is 16.4. The lowest BCUT2D eigenvalue weighted by molar-refractivity contribution is -0.131. The van der Waals surface area contributed by atoms with Crippen LogP contribution >= 0.6 is 11.6 Å². The van der Waals surface area contributed by atoms with E-state index in [0.717, 1.165) is 205 Å². The molecule has 3 aromatic heterocycles. The number of fused-ring (bicyclic) bond motifs is 9. The number of hydrogen-bond donors (Lipinski definition) is 8. The van der Waals surface area contributed by atoms with Gasteiger partial charge in [0.1, 0.15) is 41.7 Å². The molecule has 0 saturated heterocycles. The minimum Gasteiger partial charge on any atom is -0.472 e. The van der Waals surface area contributed by atoms with Gasteiger partial charge < -0.3 is 35.2 Å². The number of sulfonamides is 3. The third kappa shape index (κ3) is 25.2. The Bertz CT molecular complexity index is 6030. The first-order valence-corrected chi connectivity index (χ1v) is 59.1. The molecule has 0 spiro atoms. The number of carboxylic acid groups (broad SMARTS) is 1. The Labute approximate surface area is 748 Å². The molecule has 0 radical (unpaired) electrons. The summed E-state index contributed by atoms with van der Waals surface area (Å²) in [4.78, 5) is 61.6. The Hall–Kier alpha value is -9.32. The zero-order chi connectivity index (χ0) is 91.4. The number of nitrogens with one attached hydrogen (secondary N) is 7. The van der Waals surface area contributed by atoms with Crippen LogP contribution in [-0.2, 0) is 68.5 Å². The van der Waals surface area contributed by atoms with Gasteiger partial charge in [-0.2, -0.15) is 0 Å². The minimum atomic E-state index is -3.63. The molecule has 15 rings (SSSR count). The van der Waals surface area contributed by atoms with Crippen molar-refractivity contribution in [1.82, 2.24) is 44.2 Å². The van der Waals surface area contributed by atoms with Crippen LogP contribution in [0.25, 0.3) is 32.7 Å². The quantitative estimate of drug-likeness (QED) is 0.0189. The van der Waals surface area contributed by atoms with Gasteiger partial charge in [0, 0.05) is 92.0 Å². The van der Waals surface area contributed by atoms with Gasteiger partial charge in [0.05, 0.1) is 32.8 Å². The molecule has 2 amide bonds. The average Bonchev–Trinajstić information content (AvgIpc) is 1.56. The second kappa shape index (κ2) is 41.8. The topological polar surface area (TPSA) is 293 Å². The van der Waals surface area contributed by atoms with Gasteiger partial charge in [-0.25, -0.2) is 57.4 Å². The van der Waals surface area contributed by atoms with Crippen LogP contribution in [0.4, 0.5) is 13.2 Å². The van der Waals surface area contributed by atoms with E-state index in [1.54, 1.807) is 95.9 Å². The number of carboxylic acids is 1. The number of nitrogens with zero attached hydrogens (tertiary/aromatic N) is 2. The van der Waals surface area contributed by atoms with Crippen molar-refractivity contribution in [3.8, 4) is 46.7 Å². The number of carbonyl (C=O) groups excluding carboxylic acids is 3.